The number of nitrogens with zero attached hydrogens (tertiary/aromatic N) is 4. The molecule has 1 atom stereocenters. The molecule has 4 rings (SSSR count). The maximum Gasteiger partial charge on any atom is 0.242 e. The first-order valence-corrected chi connectivity index (χ1v) is 8.94. The molecule has 0 bridgehead atoms. The average Bonchev–Trinajstić information content (AvgIpc) is 3.09. The van der Waals surface area contributed by atoms with E-state index < -0.39 is 0 Å². The van der Waals surface area contributed by atoms with Gasteiger partial charge in [-0.15, -0.1) is 0 Å². The first-order valence-electron chi connectivity index (χ1n) is 8.94. The molecule has 0 aliphatic carbocycles. The van der Waals surface area contributed by atoms with Crippen LogP contribution in [-0.2, 0) is 16.1 Å². The number of ether oxygens (including phenoxy) is 1. The van der Waals surface area contributed by atoms with E-state index in [1.165, 1.54) is 0 Å². The van der Waals surface area contributed by atoms with Crippen molar-refractivity contribution in [2.24, 2.45) is 0 Å². The third kappa shape index (κ3) is 2.46. The van der Waals surface area contributed by atoms with Crippen LogP contribution in [0.25, 0.3) is 0 Å². The van der Waals surface area contributed by atoms with Crippen LogP contribution in [0.15, 0.2) is 10.6 Å². The summed E-state index contributed by atoms with van der Waals surface area (Å²) in [6.45, 7) is 9.64. The molecule has 0 N–H and O–H groups in total. The highest BCUT2D eigenvalue weighted by Crippen LogP contribution is 2.41. The number of hydrogen-bond donors (Lipinski definition) is 0. The number of amides is 1. The Morgan fingerprint density at radius 1 is 1.33 bits per heavy atom. The molecule has 7 nitrogen and oxygen atoms in total. The predicted octanol–water partition coefficient (Wildman–Crippen LogP) is 0.838. The topological polar surface area (TPSA) is 62.1 Å². The summed E-state index contributed by atoms with van der Waals surface area (Å²) in [5.74, 6) is 1.11. The normalized spacial score (nSPS) is 27.8. The second kappa shape index (κ2) is 6.13. The van der Waals surface area contributed by atoms with E-state index in [9.17, 15) is 4.79 Å². The molecule has 3 fully saturated rings. The van der Waals surface area contributed by atoms with Gasteiger partial charge in [0, 0.05) is 51.6 Å². The fourth-order valence-electron chi connectivity index (χ4n) is 4.66. The molecule has 7 heteroatoms. The van der Waals surface area contributed by atoms with Gasteiger partial charge in [0.25, 0.3) is 0 Å². The first kappa shape index (κ1) is 16.1. The predicted molar refractivity (Wildman–Crippen MR) is 87.2 cm³/mol. The first-order chi connectivity index (χ1) is 11.6. The number of piperazine rings is 1. The molecule has 1 aromatic heterocycles. The molecule has 1 aromatic rings. The van der Waals surface area contributed by atoms with E-state index in [1.54, 1.807) is 0 Å². The molecule has 1 amide bonds. The van der Waals surface area contributed by atoms with Crippen LogP contribution >= 0.6 is 0 Å². The van der Waals surface area contributed by atoms with Gasteiger partial charge in [0.1, 0.15) is 17.5 Å². The lowest BCUT2D eigenvalue weighted by Gasteiger charge is -2.48. The molecule has 132 valence electrons. The van der Waals surface area contributed by atoms with Crippen molar-refractivity contribution in [3.05, 3.63) is 17.5 Å². The molecule has 24 heavy (non-hydrogen) atoms. The lowest BCUT2D eigenvalue weighted by Crippen LogP contribution is -2.61. The quantitative estimate of drug-likeness (QED) is 0.816. The van der Waals surface area contributed by atoms with Gasteiger partial charge in [0.05, 0.1) is 18.9 Å². The fourth-order valence-corrected chi connectivity index (χ4v) is 4.66. The molecule has 1 spiro atoms. The van der Waals surface area contributed by atoms with Crippen LogP contribution < -0.4 is 0 Å². The van der Waals surface area contributed by atoms with Crippen molar-refractivity contribution in [1.82, 2.24) is 19.9 Å². The number of rotatable bonds is 3. The second-order valence-electron chi connectivity index (χ2n) is 7.05. The van der Waals surface area contributed by atoms with Crippen LogP contribution in [0.3, 0.4) is 0 Å². The Kier molecular flexibility index (Phi) is 4.10. The molecular formula is C17H26N4O3. The lowest BCUT2D eigenvalue weighted by molar-refractivity contribution is -0.135. The number of likely N-dealkylation sites (N-methyl/N-ethyl adjacent to an activating group) is 1. The van der Waals surface area contributed by atoms with Crippen LogP contribution in [0.5, 0.6) is 0 Å². The minimum Gasteiger partial charge on any atom is -0.381 e. The van der Waals surface area contributed by atoms with Gasteiger partial charge in [-0.2, -0.15) is 0 Å². The standard InChI is InChI=1S/C17H26N4O3/c1-3-20-16(22)15-12-19(11-14-10-13(2)24-18-14)6-7-21(15)17(20)4-8-23-9-5-17/h10,15H,3-9,11-12H2,1-2H3/t15-/m1/s1. The summed E-state index contributed by atoms with van der Waals surface area (Å²) in [4.78, 5) is 19.9. The van der Waals surface area contributed by atoms with E-state index in [1.807, 2.05) is 13.0 Å². The summed E-state index contributed by atoms with van der Waals surface area (Å²) in [5, 5.41) is 4.09. The van der Waals surface area contributed by atoms with Crippen molar-refractivity contribution in [3.8, 4) is 0 Å². The lowest BCUT2D eigenvalue weighted by atomic mass is 9.96. The largest absolute Gasteiger partial charge is 0.381 e. The van der Waals surface area contributed by atoms with Crippen LogP contribution in [0.1, 0.15) is 31.2 Å². The van der Waals surface area contributed by atoms with Gasteiger partial charge in [0.2, 0.25) is 5.91 Å². The molecule has 0 unspecified atom stereocenters. The molecule has 3 aliphatic rings. The van der Waals surface area contributed by atoms with Crippen molar-refractivity contribution >= 4 is 5.91 Å². The molecule has 0 radical (unpaired) electrons. The third-order valence-electron chi connectivity index (χ3n) is 5.72. The maximum atomic E-state index is 13.0. The molecular weight excluding hydrogens is 308 g/mol. The summed E-state index contributed by atoms with van der Waals surface area (Å²) in [6.07, 6.45) is 1.84. The van der Waals surface area contributed by atoms with E-state index in [0.29, 0.717) is 0 Å². The van der Waals surface area contributed by atoms with Gasteiger partial charge in [-0.05, 0) is 13.8 Å². The highest BCUT2D eigenvalue weighted by atomic mass is 16.5. The van der Waals surface area contributed by atoms with Gasteiger partial charge in [-0.1, -0.05) is 5.16 Å². The summed E-state index contributed by atoms with van der Waals surface area (Å²) < 4.78 is 10.7. The van der Waals surface area contributed by atoms with Crippen LogP contribution in [-0.4, -0.2) is 76.9 Å². The summed E-state index contributed by atoms with van der Waals surface area (Å²) in [5.41, 5.74) is 0.824. The van der Waals surface area contributed by atoms with Crippen molar-refractivity contribution in [2.75, 3.05) is 39.4 Å². The van der Waals surface area contributed by atoms with Gasteiger partial charge in [-0.3, -0.25) is 14.6 Å². The van der Waals surface area contributed by atoms with E-state index in [2.05, 4.69) is 26.8 Å². The molecule has 0 saturated carbocycles. The molecule has 3 aliphatic heterocycles. The Morgan fingerprint density at radius 3 is 2.79 bits per heavy atom. The van der Waals surface area contributed by atoms with Gasteiger partial charge >= 0.3 is 0 Å². The summed E-state index contributed by atoms with van der Waals surface area (Å²) >= 11 is 0. The minimum atomic E-state index is -0.120. The van der Waals surface area contributed by atoms with E-state index in [-0.39, 0.29) is 17.6 Å². The SMILES string of the molecule is CCN1C(=O)[C@H]2CN(Cc3cc(C)on3)CCN2C12CCOCC2. The zero-order valence-corrected chi connectivity index (χ0v) is 14.5. The molecule has 3 saturated heterocycles. The zero-order valence-electron chi connectivity index (χ0n) is 14.5. The van der Waals surface area contributed by atoms with Crippen molar-refractivity contribution < 1.29 is 14.1 Å². The Morgan fingerprint density at radius 2 is 2.12 bits per heavy atom. The number of carbonyl (C=O) groups is 1. The van der Waals surface area contributed by atoms with Crippen LogP contribution in [0, 0.1) is 6.92 Å². The highest BCUT2D eigenvalue weighted by molar-refractivity contribution is 5.85. The number of carbonyl (C=O) groups excluding carboxylic acids is 1. The average molecular weight is 334 g/mol. The van der Waals surface area contributed by atoms with Crippen LogP contribution in [0.2, 0.25) is 0 Å². The highest BCUT2D eigenvalue weighted by Gasteiger charge is 2.57. The molecule has 0 aromatic carbocycles. The smallest absolute Gasteiger partial charge is 0.242 e. The Labute approximate surface area is 142 Å². The van der Waals surface area contributed by atoms with Gasteiger partial charge in [0.15, 0.2) is 0 Å². The number of hydrogen-bond acceptors (Lipinski definition) is 6. The third-order valence-corrected chi connectivity index (χ3v) is 5.72. The number of aromatic nitrogens is 1. The Bertz CT molecular complexity index is 611. The molecule has 4 heterocycles. The second-order valence-corrected chi connectivity index (χ2v) is 7.05. The van der Waals surface area contributed by atoms with Crippen LogP contribution in [0.4, 0.5) is 0 Å². The Balaban J connectivity index is 1.52. The monoisotopic (exact) mass is 334 g/mol. The van der Waals surface area contributed by atoms with Crippen molar-refractivity contribution in [2.45, 2.75) is 44.9 Å². The summed E-state index contributed by atoms with van der Waals surface area (Å²) in [6, 6.07) is 1.94. The zero-order chi connectivity index (χ0) is 16.7. The van der Waals surface area contributed by atoms with Crippen molar-refractivity contribution in [3.63, 3.8) is 0 Å². The van der Waals surface area contributed by atoms with E-state index in [4.69, 9.17) is 9.26 Å². The number of fused-ring (bicyclic) bond motifs is 2. The van der Waals surface area contributed by atoms with Gasteiger partial charge < -0.3 is 14.2 Å². The van der Waals surface area contributed by atoms with Crippen molar-refractivity contribution in [1.29, 1.82) is 0 Å². The minimum absolute atomic E-state index is 0.0372. The Hall–Kier alpha value is -1.44. The fraction of sp³-hybridized carbons (Fsp3) is 0.765. The summed E-state index contributed by atoms with van der Waals surface area (Å²) in [7, 11) is 0. The maximum absolute atomic E-state index is 13.0. The number of aryl methyl sites for hydroxylation is 1. The van der Waals surface area contributed by atoms with Gasteiger partial charge in [-0.25, -0.2) is 0 Å². The van der Waals surface area contributed by atoms with E-state index >= 15 is 0 Å². The van der Waals surface area contributed by atoms with E-state index in [0.717, 1.165) is 70.2 Å².